The van der Waals surface area contributed by atoms with Crippen LogP contribution in [0.25, 0.3) is 0 Å². The van der Waals surface area contributed by atoms with Crippen molar-refractivity contribution in [1.29, 1.82) is 0 Å². The number of rotatable bonds is 4. The van der Waals surface area contributed by atoms with Gasteiger partial charge in [0.2, 0.25) is 0 Å². The highest BCUT2D eigenvalue weighted by Gasteiger charge is 2.36. The van der Waals surface area contributed by atoms with Crippen molar-refractivity contribution >= 4 is 21.8 Å². The standard InChI is InChI=1S/C16H23BrN2O/c1-12-7-6-8-13(14(12)17)15(20)18-11-16(19(2)3)9-4-5-10-16/h6-8H,4-5,9-11H2,1-3H3,(H,18,20). The summed E-state index contributed by atoms with van der Waals surface area (Å²) < 4.78 is 0.892. The molecular formula is C16H23BrN2O. The lowest BCUT2D eigenvalue weighted by atomic mass is 9.96. The summed E-state index contributed by atoms with van der Waals surface area (Å²) in [6.45, 7) is 2.72. The van der Waals surface area contributed by atoms with Crippen LogP contribution in [0.3, 0.4) is 0 Å². The molecule has 0 radical (unpaired) electrons. The second-order valence-electron chi connectivity index (χ2n) is 5.95. The Hall–Kier alpha value is -0.870. The topological polar surface area (TPSA) is 32.3 Å². The SMILES string of the molecule is Cc1cccc(C(=O)NCC2(N(C)C)CCCC2)c1Br. The summed E-state index contributed by atoms with van der Waals surface area (Å²) in [5, 5.41) is 3.12. The van der Waals surface area contributed by atoms with Crippen LogP contribution in [0.15, 0.2) is 22.7 Å². The molecule has 1 amide bonds. The molecule has 1 aliphatic carbocycles. The summed E-state index contributed by atoms with van der Waals surface area (Å²) in [6, 6.07) is 5.79. The zero-order valence-electron chi connectivity index (χ0n) is 12.5. The van der Waals surface area contributed by atoms with Crippen molar-refractivity contribution in [3.63, 3.8) is 0 Å². The average Bonchev–Trinajstić information content (AvgIpc) is 2.89. The van der Waals surface area contributed by atoms with Crippen molar-refractivity contribution in [1.82, 2.24) is 10.2 Å². The number of aryl methyl sites for hydroxylation is 1. The van der Waals surface area contributed by atoms with Crippen LogP contribution in [0, 0.1) is 6.92 Å². The van der Waals surface area contributed by atoms with Gasteiger partial charge in [-0.15, -0.1) is 0 Å². The summed E-state index contributed by atoms with van der Waals surface area (Å²) in [6.07, 6.45) is 4.83. The van der Waals surface area contributed by atoms with Crippen LogP contribution in [-0.2, 0) is 0 Å². The number of amides is 1. The molecule has 0 aromatic heterocycles. The largest absolute Gasteiger partial charge is 0.350 e. The average molecular weight is 339 g/mol. The van der Waals surface area contributed by atoms with Crippen molar-refractivity contribution in [2.75, 3.05) is 20.6 Å². The van der Waals surface area contributed by atoms with Crippen molar-refractivity contribution in [2.45, 2.75) is 38.1 Å². The van der Waals surface area contributed by atoms with Crippen molar-refractivity contribution < 1.29 is 4.79 Å². The molecule has 0 unspecified atom stereocenters. The van der Waals surface area contributed by atoms with Gasteiger partial charge in [-0.25, -0.2) is 0 Å². The number of hydrogen-bond acceptors (Lipinski definition) is 2. The molecular weight excluding hydrogens is 316 g/mol. The zero-order chi connectivity index (χ0) is 14.8. The van der Waals surface area contributed by atoms with E-state index in [2.05, 4.69) is 40.2 Å². The number of halogens is 1. The van der Waals surface area contributed by atoms with E-state index in [0.29, 0.717) is 0 Å². The van der Waals surface area contributed by atoms with Crippen LogP contribution in [0.4, 0.5) is 0 Å². The fourth-order valence-electron chi connectivity index (χ4n) is 2.98. The molecule has 0 bridgehead atoms. The third kappa shape index (κ3) is 3.07. The Bertz CT molecular complexity index is 493. The lowest BCUT2D eigenvalue weighted by Gasteiger charge is -2.36. The van der Waals surface area contributed by atoms with E-state index in [1.165, 1.54) is 12.8 Å². The quantitative estimate of drug-likeness (QED) is 0.912. The fourth-order valence-corrected chi connectivity index (χ4v) is 3.42. The van der Waals surface area contributed by atoms with Gasteiger partial charge in [0.05, 0.1) is 5.56 Å². The van der Waals surface area contributed by atoms with Crippen LogP contribution in [0.5, 0.6) is 0 Å². The molecule has 1 fully saturated rings. The second-order valence-corrected chi connectivity index (χ2v) is 6.74. The fraction of sp³-hybridized carbons (Fsp3) is 0.562. The first-order valence-corrected chi connectivity index (χ1v) is 7.96. The molecule has 1 aromatic rings. The first-order valence-electron chi connectivity index (χ1n) is 7.17. The lowest BCUT2D eigenvalue weighted by molar-refractivity contribution is 0.0899. The molecule has 2 rings (SSSR count). The number of benzene rings is 1. The monoisotopic (exact) mass is 338 g/mol. The molecule has 0 spiro atoms. The number of carbonyl (C=O) groups excluding carboxylic acids is 1. The lowest BCUT2D eigenvalue weighted by Crippen LogP contribution is -2.50. The number of carbonyl (C=O) groups is 1. The predicted octanol–water partition coefficient (Wildman–Crippen LogP) is 3.36. The highest BCUT2D eigenvalue weighted by molar-refractivity contribution is 9.10. The van der Waals surface area contributed by atoms with E-state index in [1.807, 2.05) is 25.1 Å². The summed E-state index contributed by atoms with van der Waals surface area (Å²) >= 11 is 3.51. The molecule has 0 aliphatic heterocycles. The molecule has 110 valence electrons. The van der Waals surface area contributed by atoms with Crippen molar-refractivity contribution in [3.8, 4) is 0 Å². The maximum absolute atomic E-state index is 12.4. The van der Waals surface area contributed by atoms with Crippen LogP contribution >= 0.6 is 15.9 Å². The number of likely N-dealkylation sites (N-methyl/N-ethyl adjacent to an activating group) is 1. The maximum atomic E-state index is 12.4. The van der Waals surface area contributed by atoms with E-state index in [0.717, 1.165) is 35.0 Å². The molecule has 1 N–H and O–H groups in total. The second kappa shape index (κ2) is 6.27. The molecule has 1 aliphatic rings. The Morgan fingerprint density at radius 3 is 2.60 bits per heavy atom. The zero-order valence-corrected chi connectivity index (χ0v) is 14.1. The van der Waals surface area contributed by atoms with Crippen LogP contribution in [0.1, 0.15) is 41.6 Å². The predicted molar refractivity (Wildman–Crippen MR) is 86.1 cm³/mol. The highest BCUT2D eigenvalue weighted by Crippen LogP contribution is 2.33. The van der Waals surface area contributed by atoms with Gasteiger partial charge in [-0.3, -0.25) is 4.79 Å². The van der Waals surface area contributed by atoms with Gasteiger partial charge in [-0.05, 0) is 61.4 Å². The Morgan fingerprint density at radius 1 is 1.35 bits per heavy atom. The number of nitrogens with zero attached hydrogens (tertiary/aromatic N) is 1. The molecule has 0 atom stereocenters. The van der Waals surface area contributed by atoms with Gasteiger partial charge in [-0.2, -0.15) is 0 Å². The van der Waals surface area contributed by atoms with E-state index in [9.17, 15) is 4.79 Å². The van der Waals surface area contributed by atoms with E-state index in [1.54, 1.807) is 0 Å². The molecule has 0 heterocycles. The van der Waals surface area contributed by atoms with Crippen LogP contribution in [0.2, 0.25) is 0 Å². The molecule has 3 nitrogen and oxygen atoms in total. The summed E-state index contributed by atoms with van der Waals surface area (Å²) in [5.74, 6) is 0.00806. The minimum atomic E-state index is 0.00806. The van der Waals surface area contributed by atoms with Crippen LogP contribution < -0.4 is 5.32 Å². The highest BCUT2D eigenvalue weighted by atomic mass is 79.9. The van der Waals surface area contributed by atoms with Gasteiger partial charge in [0.25, 0.3) is 5.91 Å². The van der Waals surface area contributed by atoms with E-state index in [-0.39, 0.29) is 11.4 Å². The Morgan fingerprint density at radius 2 is 2.00 bits per heavy atom. The van der Waals surface area contributed by atoms with Crippen molar-refractivity contribution in [2.24, 2.45) is 0 Å². The molecule has 0 saturated heterocycles. The third-order valence-corrected chi connectivity index (χ3v) is 5.55. The van der Waals surface area contributed by atoms with E-state index >= 15 is 0 Å². The minimum Gasteiger partial charge on any atom is -0.350 e. The molecule has 20 heavy (non-hydrogen) atoms. The first kappa shape index (κ1) is 15.5. The molecule has 1 aromatic carbocycles. The van der Waals surface area contributed by atoms with Gasteiger partial charge in [0.1, 0.15) is 0 Å². The minimum absolute atomic E-state index is 0.00806. The summed E-state index contributed by atoms with van der Waals surface area (Å²) in [5.41, 5.74) is 1.93. The number of nitrogens with one attached hydrogen (secondary N) is 1. The van der Waals surface area contributed by atoms with Crippen molar-refractivity contribution in [3.05, 3.63) is 33.8 Å². The van der Waals surface area contributed by atoms with Gasteiger partial charge < -0.3 is 10.2 Å². The summed E-state index contributed by atoms with van der Waals surface area (Å²) in [4.78, 5) is 14.6. The van der Waals surface area contributed by atoms with Gasteiger partial charge in [0.15, 0.2) is 0 Å². The van der Waals surface area contributed by atoms with Gasteiger partial charge in [-0.1, -0.05) is 25.0 Å². The van der Waals surface area contributed by atoms with E-state index < -0.39 is 0 Å². The Labute approximate surface area is 129 Å². The maximum Gasteiger partial charge on any atom is 0.252 e. The Balaban J connectivity index is 2.07. The normalized spacial score (nSPS) is 17.4. The molecule has 1 saturated carbocycles. The van der Waals surface area contributed by atoms with Gasteiger partial charge in [0, 0.05) is 16.6 Å². The smallest absolute Gasteiger partial charge is 0.252 e. The van der Waals surface area contributed by atoms with Crippen LogP contribution in [-0.4, -0.2) is 37.0 Å². The number of hydrogen-bond donors (Lipinski definition) is 1. The van der Waals surface area contributed by atoms with E-state index in [4.69, 9.17) is 0 Å². The van der Waals surface area contributed by atoms with Gasteiger partial charge >= 0.3 is 0 Å². The third-order valence-electron chi connectivity index (χ3n) is 4.50. The summed E-state index contributed by atoms with van der Waals surface area (Å²) in [7, 11) is 4.22. The Kier molecular flexibility index (Phi) is 4.86. The first-order chi connectivity index (χ1) is 9.46. The molecule has 4 heteroatoms.